The first-order valence-corrected chi connectivity index (χ1v) is 7.14. The van der Waals surface area contributed by atoms with Crippen LogP contribution >= 0.6 is 15.9 Å². The molecule has 0 spiro atoms. The van der Waals surface area contributed by atoms with E-state index in [0.29, 0.717) is 6.04 Å². The van der Waals surface area contributed by atoms with Gasteiger partial charge < -0.3 is 15.0 Å². The van der Waals surface area contributed by atoms with Crippen LogP contribution in [-0.4, -0.2) is 38.7 Å². The lowest BCUT2D eigenvalue weighted by Crippen LogP contribution is -2.32. The molecule has 1 aliphatic rings. The minimum atomic E-state index is 0.332. The maximum Gasteiger partial charge on any atom is 0.123 e. The Balaban J connectivity index is 2.19. The second-order valence-electron chi connectivity index (χ2n) is 5.05. The zero-order valence-corrected chi connectivity index (χ0v) is 12.8. The molecule has 2 rings (SSSR count). The molecule has 100 valence electrons. The number of nitrogens with zero attached hydrogens (tertiary/aromatic N) is 1. The van der Waals surface area contributed by atoms with E-state index in [9.17, 15) is 0 Å². The van der Waals surface area contributed by atoms with Crippen LogP contribution in [0, 0.1) is 0 Å². The lowest BCUT2D eigenvalue weighted by Gasteiger charge is -2.27. The molecule has 1 atom stereocenters. The van der Waals surface area contributed by atoms with E-state index in [2.05, 4.69) is 46.3 Å². The summed E-state index contributed by atoms with van der Waals surface area (Å²) in [4.78, 5) is 2.24. The van der Waals surface area contributed by atoms with Crippen molar-refractivity contribution in [1.82, 2.24) is 10.2 Å². The molecule has 0 aliphatic heterocycles. The van der Waals surface area contributed by atoms with E-state index in [1.807, 2.05) is 12.1 Å². The summed E-state index contributed by atoms with van der Waals surface area (Å²) in [5.41, 5.74) is 1.23. The number of rotatable bonds is 6. The second-order valence-corrected chi connectivity index (χ2v) is 5.96. The van der Waals surface area contributed by atoms with Gasteiger partial charge >= 0.3 is 0 Å². The maximum absolute atomic E-state index is 5.48. The van der Waals surface area contributed by atoms with E-state index < -0.39 is 0 Å². The van der Waals surface area contributed by atoms with Crippen molar-refractivity contribution in [3.8, 4) is 5.75 Å². The largest absolute Gasteiger partial charge is 0.496 e. The Morgan fingerprint density at radius 2 is 2.17 bits per heavy atom. The molecule has 4 heteroatoms. The lowest BCUT2D eigenvalue weighted by atomic mass is 10.0. The molecule has 18 heavy (non-hydrogen) atoms. The SMILES string of the molecule is COc1ccc(Br)cc1C(CNC1CC1)N(C)C. The van der Waals surface area contributed by atoms with Crippen molar-refractivity contribution in [3.05, 3.63) is 28.2 Å². The van der Waals surface area contributed by atoms with E-state index in [4.69, 9.17) is 4.74 Å². The summed E-state index contributed by atoms with van der Waals surface area (Å²) in [6.45, 7) is 0.963. The highest BCUT2D eigenvalue weighted by molar-refractivity contribution is 9.10. The number of hydrogen-bond donors (Lipinski definition) is 1. The molecule has 0 bridgehead atoms. The maximum atomic E-state index is 5.48. The first-order chi connectivity index (χ1) is 8.61. The van der Waals surface area contributed by atoms with Crippen LogP contribution in [0.15, 0.2) is 22.7 Å². The Labute approximate surface area is 118 Å². The predicted octanol–water partition coefficient (Wildman–Crippen LogP) is 2.81. The van der Waals surface area contributed by atoms with Gasteiger partial charge in [0, 0.05) is 22.6 Å². The summed E-state index contributed by atoms with van der Waals surface area (Å²) in [6, 6.07) is 7.25. The minimum Gasteiger partial charge on any atom is -0.496 e. The molecule has 3 nitrogen and oxygen atoms in total. The fourth-order valence-corrected chi connectivity index (χ4v) is 2.48. The average molecular weight is 313 g/mol. The summed E-state index contributed by atoms with van der Waals surface area (Å²) < 4.78 is 6.57. The number of likely N-dealkylation sites (N-methyl/N-ethyl adjacent to an activating group) is 1. The van der Waals surface area contributed by atoms with Gasteiger partial charge in [-0.15, -0.1) is 0 Å². The average Bonchev–Trinajstić information content (AvgIpc) is 3.13. The molecule has 0 heterocycles. The number of benzene rings is 1. The Morgan fingerprint density at radius 3 is 2.72 bits per heavy atom. The smallest absolute Gasteiger partial charge is 0.123 e. The van der Waals surface area contributed by atoms with Crippen molar-refractivity contribution >= 4 is 15.9 Å². The third-order valence-corrected chi connectivity index (χ3v) is 3.84. The molecule has 1 fully saturated rings. The molecule has 1 aromatic carbocycles. The third-order valence-electron chi connectivity index (χ3n) is 3.35. The molecule has 1 unspecified atom stereocenters. The standard InChI is InChI=1S/C14H21BrN2O/c1-17(2)13(9-16-11-5-6-11)12-8-10(15)4-7-14(12)18-3/h4,7-8,11,13,16H,5-6,9H2,1-3H3. The molecule has 0 saturated heterocycles. The fourth-order valence-electron chi connectivity index (χ4n) is 2.10. The van der Waals surface area contributed by atoms with Crippen LogP contribution in [0.4, 0.5) is 0 Å². The van der Waals surface area contributed by atoms with Crippen LogP contribution in [0.2, 0.25) is 0 Å². The van der Waals surface area contributed by atoms with Crippen molar-refractivity contribution < 1.29 is 4.74 Å². The quantitative estimate of drug-likeness (QED) is 0.874. The van der Waals surface area contributed by atoms with Crippen LogP contribution in [-0.2, 0) is 0 Å². The second kappa shape index (κ2) is 6.04. The topological polar surface area (TPSA) is 24.5 Å². The first-order valence-electron chi connectivity index (χ1n) is 6.35. The Kier molecular flexibility index (Phi) is 4.65. The monoisotopic (exact) mass is 312 g/mol. The Bertz CT molecular complexity index is 405. The van der Waals surface area contributed by atoms with Gasteiger partial charge in [0.15, 0.2) is 0 Å². The third kappa shape index (κ3) is 3.46. The highest BCUT2D eigenvalue weighted by Gasteiger charge is 2.24. The van der Waals surface area contributed by atoms with Gasteiger partial charge in [0.2, 0.25) is 0 Å². The van der Waals surface area contributed by atoms with Gasteiger partial charge in [0.25, 0.3) is 0 Å². The van der Waals surface area contributed by atoms with Crippen LogP contribution < -0.4 is 10.1 Å². The molecule has 0 radical (unpaired) electrons. The molecule has 0 aromatic heterocycles. The number of nitrogens with one attached hydrogen (secondary N) is 1. The number of methoxy groups -OCH3 is 1. The normalized spacial score (nSPS) is 16.9. The van der Waals surface area contributed by atoms with Gasteiger partial charge in [-0.2, -0.15) is 0 Å². The van der Waals surface area contributed by atoms with Gasteiger partial charge in [-0.25, -0.2) is 0 Å². The lowest BCUT2D eigenvalue weighted by molar-refractivity contribution is 0.278. The van der Waals surface area contributed by atoms with Gasteiger partial charge in [0.1, 0.15) is 5.75 Å². The molecule has 1 aromatic rings. The number of hydrogen-bond acceptors (Lipinski definition) is 3. The minimum absolute atomic E-state index is 0.332. The first kappa shape index (κ1) is 13.8. The highest BCUT2D eigenvalue weighted by Crippen LogP contribution is 2.31. The van der Waals surface area contributed by atoms with E-state index in [-0.39, 0.29) is 0 Å². The van der Waals surface area contributed by atoms with Crippen molar-refractivity contribution in [2.24, 2.45) is 0 Å². The van der Waals surface area contributed by atoms with Gasteiger partial charge in [-0.05, 0) is 45.1 Å². The van der Waals surface area contributed by atoms with Crippen LogP contribution in [0.1, 0.15) is 24.4 Å². The van der Waals surface area contributed by atoms with Crippen molar-refractivity contribution in [2.45, 2.75) is 24.9 Å². The Morgan fingerprint density at radius 1 is 1.44 bits per heavy atom. The summed E-state index contributed by atoms with van der Waals surface area (Å²) in [5, 5.41) is 3.59. The van der Waals surface area contributed by atoms with E-state index in [0.717, 1.165) is 22.8 Å². The molecular weight excluding hydrogens is 292 g/mol. The summed E-state index contributed by atoms with van der Waals surface area (Å²) >= 11 is 3.54. The van der Waals surface area contributed by atoms with Gasteiger partial charge in [-0.3, -0.25) is 0 Å². The van der Waals surface area contributed by atoms with E-state index >= 15 is 0 Å². The zero-order chi connectivity index (χ0) is 13.1. The molecule has 0 amide bonds. The van der Waals surface area contributed by atoms with Crippen molar-refractivity contribution in [2.75, 3.05) is 27.7 Å². The van der Waals surface area contributed by atoms with Crippen LogP contribution in [0.3, 0.4) is 0 Å². The molecule has 1 N–H and O–H groups in total. The zero-order valence-electron chi connectivity index (χ0n) is 11.2. The predicted molar refractivity (Wildman–Crippen MR) is 78.1 cm³/mol. The Hall–Kier alpha value is -0.580. The fraction of sp³-hybridized carbons (Fsp3) is 0.571. The number of ether oxygens (including phenoxy) is 1. The highest BCUT2D eigenvalue weighted by atomic mass is 79.9. The van der Waals surface area contributed by atoms with Crippen molar-refractivity contribution in [1.29, 1.82) is 0 Å². The van der Waals surface area contributed by atoms with E-state index in [1.165, 1.54) is 18.4 Å². The van der Waals surface area contributed by atoms with Gasteiger partial charge in [0.05, 0.1) is 13.2 Å². The molecule has 1 saturated carbocycles. The van der Waals surface area contributed by atoms with Crippen molar-refractivity contribution in [3.63, 3.8) is 0 Å². The molecule has 1 aliphatic carbocycles. The number of halogens is 1. The van der Waals surface area contributed by atoms with Crippen LogP contribution in [0.5, 0.6) is 5.75 Å². The van der Waals surface area contributed by atoms with Crippen LogP contribution in [0.25, 0.3) is 0 Å². The molecular formula is C14H21BrN2O. The summed E-state index contributed by atoms with van der Waals surface area (Å²) in [7, 11) is 5.95. The van der Waals surface area contributed by atoms with E-state index in [1.54, 1.807) is 7.11 Å². The summed E-state index contributed by atoms with van der Waals surface area (Å²) in [5.74, 6) is 0.953. The van der Waals surface area contributed by atoms with Gasteiger partial charge in [-0.1, -0.05) is 15.9 Å². The summed E-state index contributed by atoms with van der Waals surface area (Å²) in [6.07, 6.45) is 2.63.